The highest BCUT2D eigenvalue weighted by atomic mass is 33.1. The van der Waals surface area contributed by atoms with Crippen molar-refractivity contribution in [3.63, 3.8) is 0 Å². The standard InChI is InChI=1S/C39H72N20O10S2/c1-19(7-4-14-50-37(44)45)29(63)59-36-35(69)56-23(11-12-26(41)60)33(67)58-25(18-70-71-36)34(68)55-22(10-6-16-52-39(48)49)31(65)54-21(9-5-15-51-38(46)47)30(64)53-20(8-2-3-13-40)32(66)57-24(28(43)62)17-27(42)61/h19-25,36H,2-18,40H2,1H3,(H2,41,60)(H2,42,61)(H2,43,62)(H,53,64)(H,54,65)(H,55,68)(H,56,69)(H,57,66)(H,58,67)(H,59,63)(H4,44,45,50)(H4,46,47,51)(H4,48,49,52)/t19-,20-,21-,22-,23-,24-,25-,36?/m1/s1. The first-order valence-corrected chi connectivity index (χ1v) is 25.0. The molecule has 10 amide bonds. The van der Waals surface area contributed by atoms with Gasteiger partial charge in [-0.2, -0.15) is 0 Å². The Bertz CT molecular complexity index is 1900. The first kappa shape index (κ1) is 62.2. The van der Waals surface area contributed by atoms with Crippen LogP contribution in [0.4, 0.5) is 0 Å². The predicted molar refractivity (Wildman–Crippen MR) is 265 cm³/mol. The lowest BCUT2D eigenvalue weighted by Gasteiger charge is -2.29. The van der Waals surface area contributed by atoms with Crippen LogP contribution in [-0.2, 0) is 47.9 Å². The third kappa shape index (κ3) is 26.7. The Labute approximate surface area is 418 Å². The minimum absolute atomic E-state index is 0.00493. The van der Waals surface area contributed by atoms with Crippen molar-refractivity contribution < 1.29 is 47.9 Å². The second kappa shape index (κ2) is 33.7. The third-order valence-corrected chi connectivity index (χ3v) is 12.8. The number of unbranched alkanes of at least 4 members (excludes halogenated alkanes) is 1. The molecule has 0 aliphatic carbocycles. The van der Waals surface area contributed by atoms with Gasteiger partial charge in [0.05, 0.1) is 6.42 Å². The number of primary amides is 3. The molecule has 1 unspecified atom stereocenters. The predicted octanol–water partition coefficient (Wildman–Crippen LogP) is -7.09. The van der Waals surface area contributed by atoms with Crippen LogP contribution in [0.2, 0.25) is 0 Å². The summed E-state index contributed by atoms with van der Waals surface area (Å²) in [5.41, 5.74) is 37.7. The van der Waals surface area contributed by atoms with Gasteiger partial charge in [-0.15, -0.1) is 0 Å². The van der Waals surface area contributed by atoms with Crippen LogP contribution < -0.4 is 93.3 Å². The molecule has 400 valence electrons. The van der Waals surface area contributed by atoms with Gasteiger partial charge in [0.1, 0.15) is 36.3 Å². The average molecular weight is 1050 g/mol. The van der Waals surface area contributed by atoms with E-state index < -0.39 is 113 Å². The number of nitrogens with two attached hydrogens (primary N) is 7. The second-order valence-electron chi connectivity index (χ2n) is 16.3. The summed E-state index contributed by atoms with van der Waals surface area (Å²) in [6.45, 7) is 2.33. The van der Waals surface area contributed by atoms with E-state index in [1.807, 2.05) is 0 Å². The number of carbonyl (C=O) groups is 10. The van der Waals surface area contributed by atoms with Gasteiger partial charge in [-0.05, 0) is 70.8 Å². The Morgan fingerprint density at radius 1 is 0.620 bits per heavy atom. The van der Waals surface area contributed by atoms with Gasteiger partial charge in [-0.1, -0.05) is 28.5 Å². The maximum Gasteiger partial charge on any atom is 0.254 e. The van der Waals surface area contributed by atoms with E-state index in [1.165, 1.54) is 0 Å². The van der Waals surface area contributed by atoms with Crippen molar-refractivity contribution in [3.05, 3.63) is 0 Å². The molecule has 0 spiro atoms. The van der Waals surface area contributed by atoms with Crippen molar-refractivity contribution in [2.45, 2.75) is 126 Å². The summed E-state index contributed by atoms with van der Waals surface area (Å²) in [6.07, 6.45) is 0.291. The molecule has 32 heteroatoms. The van der Waals surface area contributed by atoms with Gasteiger partial charge in [0, 0.05) is 37.7 Å². The maximum absolute atomic E-state index is 14.2. The van der Waals surface area contributed by atoms with Crippen LogP contribution in [0.1, 0.15) is 84.0 Å². The summed E-state index contributed by atoms with van der Waals surface area (Å²) < 4.78 is 0. The molecule has 1 rings (SSSR count). The molecule has 0 radical (unpaired) electrons. The number of carbonyl (C=O) groups excluding carboxylic acids is 10. The summed E-state index contributed by atoms with van der Waals surface area (Å²) in [4.78, 5) is 132. The highest BCUT2D eigenvalue weighted by Crippen LogP contribution is 2.28. The fourth-order valence-electron chi connectivity index (χ4n) is 6.47. The quantitative estimate of drug-likeness (QED) is 0.0129. The summed E-state index contributed by atoms with van der Waals surface area (Å²) in [5, 5.41) is 46.6. The van der Waals surface area contributed by atoms with Gasteiger partial charge in [0.15, 0.2) is 23.3 Å². The molecule has 27 N–H and O–H groups in total. The van der Waals surface area contributed by atoms with Gasteiger partial charge in [-0.3, -0.25) is 64.2 Å². The van der Waals surface area contributed by atoms with Crippen LogP contribution in [-0.4, -0.2) is 151 Å². The van der Waals surface area contributed by atoms with E-state index in [0.717, 1.165) is 21.6 Å². The molecule has 1 aliphatic rings. The summed E-state index contributed by atoms with van der Waals surface area (Å²) in [7, 11) is 1.80. The Kier molecular flexibility index (Phi) is 29.5. The minimum Gasteiger partial charge on any atom is -0.370 e. The zero-order chi connectivity index (χ0) is 53.6. The number of rotatable bonds is 32. The molecule has 0 aromatic carbocycles. The maximum atomic E-state index is 14.2. The normalized spacial score (nSPS) is 17.9. The molecule has 30 nitrogen and oxygen atoms in total. The average Bonchev–Trinajstić information content (AvgIpc) is 3.28. The smallest absolute Gasteiger partial charge is 0.254 e. The van der Waals surface area contributed by atoms with Gasteiger partial charge in [0.25, 0.3) is 5.91 Å². The number of nitrogens with one attached hydrogen (secondary N) is 13. The van der Waals surface area contributed by atoms with Crippen LogP contribution in [0.15, 0.2) is 0 Å². The van der Waals surface area contributed by atoms with Gasteiger partial charge in [-0.25, -0.2) is 0 Å². The minimum atomic E-state index is -1.51. The van der Waals surface area contributed by atoms with Crippen LogP contribution >= 0.6 is 21.6 Å². The lowest BCUT2D eigenvalue weighted by molar-refractivity contribution is -0.135. The second-order valence-corrected chi connectivity index (χ2v) is 18.9. The van der Waals surface area contributed by atoms with Gasteiger partial charge < -0.3 is 93.3 Å². The molecule has 1 aliphatic heterocycles. The van der Waals surface area contributed by atoms with E-state index in [1.54, 1.807) is 6.92 Å². The van der Waals surface area contributed by atoms with Crippen LogP contribution in [0, 0.1) is 22.1 Å². The highest BCUT2D eigenvalue weighted by molar-refractivity contribution is 8.77. The van der Waals surface area contributed by atoms with Crippen molar-refractivity contribution in [2.75, 3.05) is 31.9 Å². The number of guanidine groups is 3. The van der Waals surface area contributed by atoms with Crippen LogP contribution in [0.3, 0.4) is 0 Å². The Morgan fingerprint density at radius 2 is 1.10 bits per heavy atom. The first-order valence-electron chi connectivity index (χ1n) is 22.7. The van der Waals surface area contributed by atoms with Crippen LogP contribution in [0.25, 0.3) is 0 Å². The largest absolute Gasteiger partial charge is 0.370 e. The van der Waals surface area contributed by atoms with Crippen molar-refractivity contribution in [1.29, 1.82) is 16.2 Å². The van der Waals surface area contributed by atoms with E-state index in [9.17, 15) is 47.9 Å². The summed E-state index contributed by atoms with van der Waals surface area (Å²) in [6, 6.07) is -8.54. The van der Waals surface area contributed by atoms with Crippen molar-refractivity contribution >= 4 is 98.5 Å². The van der Waals surface area contributed by atoms with Crippen molar-refractivity contribution in [1.82, 2.24) is 53.2 Å². The number of hydrogen-bond donors (Lipinski definition) is 20. The molecule has 0 aromatic heterocycles. The number of amides is 10. The molecule has 71 heavy (non-hydrogen) atoms. The fourth-order valence-corrected chi connectivity index (χ4v) is 8.84. The molecular formula is C39H72N20O10S2. The molecule has 1 saturated heterocycles. The lowest BCUT2D eigenvalue weighted by Crippen LogP contribution is -2.60. The van der Waals surface area contributed by atoms with E-state index in [2.05, 4.69) is 53.2 Å². The fraction of sp³-hybridized carbons (Fsp3) is 0.667. The van der Waals surface area contributed by atoms with E-state index in [-0.39, 0.29) is 88.2 Å². The zero-order valence-corrected chi connectivity index (χ0v) is 41.2. The van der Waals surface area contributed by atoms with E-state index in [0.29, 0.717) is 32.2 Å². The SMILES string of the molecule is C[C@H](CCCNC(=N)N)C(=O)NC1SSC[C@H](C(=O)N[C@H](CCCNC(=N)N)C(=O)N[C@H](CCCNC(=N)N)C(=O)N[C@H](CCCCN)C(=O)N[C@H](CC(N)=O)C(N)=O)NC(=O)[C@@H](CCC(N)=O)NC1=O. The van der Waals surface area contributed by atoms with Crippen molar-refractivity contribution in [2.24, 2.45) is 46.1 Å². The summed E-state index contributed by atoms with van der Waals surface area (Å²) in [5.74, 6) is -10.4. The van der Waals surface area contributed by atoms with Gasteiger partial charge >= 0.3 is 0 Å². The zero-order valence-electron chi connectivity index (χ0n) is 39.6. The number of hydrogen-bond acceptors (Lipinski definition) is 16. The first-order chi connectivity index (χ1) is 33.4. The third-order valence-electron chi connectivity index (χ3n) is 10.3. The molecular weight excluding hydrogens is 973 g/mol. The summed E-state index contributed by atoms with van der Waals surface area (Å²) >= 11 is 0. The molecule has 1 fully saturated rings. The van der Waals surface area contributed by atoms with Gasteiger partial charge in [0.2, 0.25) is 53.2 Å². The lowest BCUT2D eigenvalue weighted by atomic mass is 10.0. The molecule has 8 atom stereocenters. The highest BCUT2D eigenvalue weighted by Gasteiger charge is 2.36. The Balaban J connectivity index is 3.54. The monoisotopic (exact) mass is 1040 g/mol. The molecule has 0 aromatic rings. The topological polar surface area (TPSA) is 545 Å². The van der Waals surface area contributed by atoms with E-state index >= 15 is 0 Å². The van der Waals surface area contributed by atoms with Crippen molar-refractivity contribution in [3.8, 4) is 0 Å². The van der Waals surface area contributed by atoms with Crippen LogP contribution in [0.5, 0.6) is 0 Å². The molecule has 1 heterocycles. The Morgan fingerprint density at radius 3 is 1.56 bits per heavy atom. The van der Waals surface area contributed by atoms with E-state index in [4.69, 9.17) is 56.4 Å². The molecule has 0 saturated carbocycles. The Hall–Kier alpha value is -6.83. The molecule has 0 bridgehead atoms.